The first-order valence-electron chi connectivity index (χ1n) is 3.55. The van der Waals surface area contributed by atoms with Gasteiger partial charge in [0.1, 0.15) is 6.10 Å². The van der Waals surface area contributed by atoms with Crippen molar-refractivity contribution in [2.24, 2.45) is 0 Å². The van der Waals surface area contributed by atoms with E-state index < -0.39 is 0 Å². The number of ether oxygens (including phenoxy) is 1. The maximum Gasteiger partial charge on any atom is 0.101 e. The zero-order valence-electron chi connectivity index (χ0n) is 6.43. The number of hydrogen-bond acceptors (Lipinski definition) is 1. The summed E-state index contributed by atoms with van der Waals surface area (Å²) in [4.78, 5) is 0. The molecule has 0 aliphatic carbocycles. The van der Waals surface area contributed by atoms with Crippen LogP contribution >= 0.6 is 11.6 Å². The molecular formula is C8H13ClO. The quantitative estimate of drug-likeness (QED) is 0.351. The van der Waals surface area contributed by atoms with Crippen LogP contribution in [0.15, 0.2) is 12.2 Å². The smallest absolute Gasteiger partial charge is 0.101 e. The fourth-order valence-electron chi connectivity index (χ4n) is 1.07. The average Bonchev–Trinajstić information content (AvgIpc) is 2.43. The molecule has 1 heterocycles. The topological polar surface area (TPSA) is 12.5 Å². The number of rotatable bonds is 3. The van der Waals surface area contributed by atoms with Gasteiger partial charge in [-0.1, -0.05) is 5.57 Å². The highest BCUT2D eigenvalue weighted by Gasteiger charge is 2.41. The van der Waals surface area contributed by atoms with Gasteiger partial charge in [0.15, 0.2) is 0 Å². The van der Waals surface area contributed by atoms with Crippen molar-refractivity contribution in [3.8, 4) is 0 Å². The minimum Gasteiger partial charge on any atom is -0.368 e. The lowest BCUT2D eigenvalue weighted by Gasteiger charge is -1.94. The molecule has 0 N–H and O–H groups in total. The van der Waals surface area contributed by atoms with E-state index in [-0.39, 0.29) is 11.5 Å². The second-order valence-electron chi connectivity index (χ2n) is 2.98. The Balaban J connectivity index is 2.19. The molecule has 0 bridgehead atoms. The molecule has 1 aliphatic heterocycles. The van der Waals surface area contributed by atoms with Crippen LogP contribution in [-0.2, 0) is 4.74 Å². The molecule has 0 aromatic carbocycles. The lowest BCUT2D eigenvalue weighted by atomic mass is 10.1. The van der Waals surface area contributed by atoms with Gasteiger partial charge in [-0.3, -0.25) is 0 Å². The van der Waals surface area contributed by atoms with Crippen molar-refractivity contribution in [3.05, 3.63) is 12.2 Å². The van der Waals surface area contributed by atoms with Gasteiger partial charge in [-0.05, 0) is 20.3 Å². The van der Waals surface area contributed by atoms with E-state index in [0.29, 0.717) is 6.10 Å². The van der Waals surface area contributed by atoms with E-state index in [1.807, 2.05) is 13.8 Å². The van der Waals surface area contributed by atoms with Crippen molar-refractivity contribution >= 4 is 11.6 Å². The summed E-state index contributed by atoms with van der Waals surface area (Å²) in [6.07, 6.45) is 1.59. The lowest BCUT2D eigenvalue weighted by molar-refractivity contribution is 0.367. The molecule has 0 saturated carbocycles. The Labute approximate surface area is 67.0 Å². The molecular weight excluding hydrogens is 148 g/mol. The fourth-order valence-corrected chi connectivity index (χ4v) is 1.29. The summed E-state index contributed by atoms with van der Waals surface area (Å²) in [5.74, 6) is 0. The SMILES string of the molecule is C=C(C)C[C@H]1O[C@H]1[C@H](C)Cl. The normalized spacial score (nSPS) is 33.5. The molecule has 0 unspecified atom stereocenters. The van der Waals surface area contributed by atoms with E-state index in [0.717, 1.165) is 6.42 Å². The van der Waals surface area contributed by atoms with Crippen LogP contribution in [-0.4, -0.2) is 17.6 Å². The van der Waals surface area contributed by atoms with Gasteiger partial charge < -0.3 is 4.74 Å². The summed E-state index contributed by atoms with van der Waals surface area (Å²) in [5, 5.41) is 0.143. The zero-order valence-corrected chi connectivity index (χ0v) is 7.19. The van der Waals surface area contributed by atoms with Crippen molar-refractivity contribution in [2.45, 2.75) is 37.9 Å². The summed E-state index contributed by atoms with van der Waals surface area (Å²) in [5.41, 5.74) is 1.17. The number of alkyl halides is 1. The average molecular weight is 161 g/mol. The van der Waals surface area contributed by atoms with E-state index in [4.69, 9.17) is 16.3 Å². The van der Waals surface area contributed by atoms with E-state index >= 15 is 0 Å². The summed E-state index contributed by atoms with van der Waals surface area (Å²) < 4.78 is 5.30. The molecule has 1 fully saturated rings. The molecule has 10 heavy (non-hydrogen) atoms. The first-order valence-corrected chi connectivity index (χ1v) is 3.99. The summed E-state index contributed by atoms with van der Waals surface area (Å²) in [6, 6.07) is 0. The van der Waals surface area contributed by atoms with Crippen molar-refractivity contribution in [2.75, 3.05) is 0 Å². The highest BCUT2D eigenvalue weighted by molar-refractivity contribution is 6.21. The molecule has 3 atom stereocenters. The van der Waals surface area contributed by atoms with Crippen LogP contribution in [0.1, 0.15) is 20.3 Å². The van der Waals surface area contributed by atoms with Gasteiger partial charge in [0, 0.05) is 0 Å². The minimum absolute atomic E-state index is 0.143. The van der Waals surface area contributed by atoms with Crippen LogP contribution in [0, 0.1) is 0 Å². The zero-order chi connectivity index (χ0) is 7.72. The van der Waals surface area contributed by atoms with E-state index in [9.17, 15) is 0 Å². The summed E-state index contributed by atoms with van der Waals surface area (Å²) >= 11 is 5.80. The second-order valence-corrected chi connectivity index (χ2v) is 3.67. The van der Waals surface area contributed by atoms with Crippen LogP contribution in [0.4, 0.5) is 0 Å². The van der Waals surface area contributed by atoms with Crippen molar-refractivity contribution in [1.82, 2.24) is 0 Å². The van der Waals surface area contributed by atoms with Crippen LogP contribution in [0.2, 0.25) is 0 Å². The minimum atomic E-state index is 0.143. The number of hydrogen-bond donors (Lipinski definition) is 0. The molecule has 0 radical (unpaired) electrons. The van der Waals surface area contributed by atoms with Crippen molar-refractivity contribution in [3.63, 3.8) is 0 Å². The van der Waals surface area contributed by atoms with E-state index in [2.05, 4.69) is 6.58 Å². The standard InChI is InChI=1S/C8H13ClO/c1-5(2)4-7-8(10-7)6(3)9/h6-8H,1,4H2,2-3H3/t6-,7+,8-/m0/s1. The second kappa shape index (κ2) is 2.93. The summed E-state index contributed by atoms with van der Waals surface area (Å²) in [6.45, 7) is 7.78. The predicted octanol–water partition coefficient (Wildman–Crippen LogP) is 2.35. The Morgan fingerprint density at radius 2 is 2.40 bits per heavy atom. The van der Waals surface area contributed by atoms with Gasteiger partial charge in [-0.25, -0.2) is 0 Å². The van der Waals surface area contributed by atoms with Crippen LogP contribution in [0.25, 0.3) is 0 Å². The first kappa shape index (κ1) is 8.09. The maximum atomic E-state index is 5.80. The predicted molar refractivity (Wildman–Crippen MR) is 43.4 cm³/mol. The maximum absolute atomic E-state index is 5.80. The Bertz CT molecular complexity index is 142. The van der Waals surface area contributed by atoms with Gasteiger partial charge in [-0.2, -0.15) is 0 Å². The van der Waals surface area contributed by atoms with Gasteiger partial charge in [0.05, 0.1) is 11.5 Å². The third kappa shape index (κ3) is 1.99. The molecule has 2 heteroatoms. The lowest BCUT2D eigenvalue weighted by Crippen LogP contribution is -2.05. The highest BCUT2D eigenvalue weighted by atomic mass is 35.5. The Morgan fingerprint density at radius 3 is 2.70 bits per heavy atom. The van der Waals surface area contributed by atoms with E-state index in [1.54, 1.807) is 0 Å². The van der Waals surface area contributed by atoms with Gasteiger partial charge in [0.2, 0.25) is 0 Å². The summed E-state index contributed by atoms with van der Waals surface area (Å²) in [7, 11) is 0. The Hall–Kier alpha value is -0.0100. The largest absolute Gasteiger partial charge is 0.368 e. The van der Waals surface area contributed by atoms with E-state index in [1.165, 1.54) is 5.57 Å². The third-order valence-electron chi connectivity index (χ3n) is 1.62. The molecule has 0 aromatic heterocycles. The molecule has 58 valence electrons. The molecule has 0 spiro atoms. The van der Waals surface area contributed by atoms with Gasteiger partial charge in [-0.15, -0.1) is 18.2 Å². The van der Waals surface area contributed by atoms with Gasteiger partial charge in [0.25, 0.3) is 0 Å². The van der Waals surface area contributed by atoms with Crippen LogP contribution in [0.5, 0.6) is 0 Å². The molecule has 1 rings (SSSR count). The van der Waals surface area contributed by atoms with Gasteiger partial charge >= 0.3 is 0 Å². The Morgan fingerprint density at radius 1 is 1.80 bits per heavy atom. The van der Waals surface area contributed by atoms with Crippen molar-refractivity contribution in [1.29, 1.82) is 0 Å². The first-order chi connectivity index (χ1) is 4.61. The third-order valence-corrected chi connectivity index (χ3v) is 1.87. The highest BCUT2D eigenvalue weighted by Crippen LogP contribution is 2.32. The van der Waals surface area contributed by atoms with Crippen LogP contribution in [0.3, 0.4) is 0 Å². The fraction of sp³-hybridized carbons (Fsp3) is 0.750. The number of epoxide rings is 1. The Kier molecular flexibility index (Phi) is 2.37. The number of halogens is 1. The molecule has 1 aliphatic rings. The van der Waals surface area contributed by atoms with Crippen LogP contribution < -0.4 is 0 Å². The molecule has 0 amide bonds. The monoisotopic (exact) mass is 160 g/mol. The molecule has 0 aromatic rings. The molecule has 1 nitrogen and oxygen atoms in total. The molecule has 1 saturated heterocycles. The van der Waals surface area contributed by atoms with Crippen molar-refractivity contribution < 1.29 is 4.74 Å².